The Morgan fingerprint density at radius 2 is 1.79 bits per heavy atom. The van der Waals surface area contributed by atoms with E-state index in [0.29, 0.717) is 23.2 Å². The second-order valence-electron chi connectivity index (χ2n) is 7.72. The minimum Gasteiger partial charge on any atom is -0.346 e. The van der Waals surface area contributed by atoms with Crippen molar-refractivity contribution < 1.29 is 18.5 Å². The predicted octanol–water partition coefficient (Wildman–Crippen LogP) is 5.21. The number of amidine groups is 1. The molecule has 1 N–H and O–H groups in total. The predicted molar refractivity (Wildman–Crippen MR) is 114 cm³/mol. The zero-order chi connectivity index (χ0) is 20.4. The van der Waals surface area contributed by atoms with Crippen molar-refractivity contribution in [3.63, 3.8) is 0 Å². The molecule has 0 spiro atoms. The molecule has 4 rings (SSSR count). The Morgan fingerprint density at radius 3 is 2.45 bits per heavy atom. The fourth-order valence-corrected chi connectivity index (χ4v) is 4.89. The molecular weight excluding hydrogens is 390 g/mol. The van der Waals surface area contributed by atoms with Crippen LogP contribution >= 0.6 is 11.8 Å². The summed E-state index contributed by atoms with van der Waals surface area (Å²) in [5.74, 6) is -1.29. The molecule has 2 heterocycles. The van der Waals surface area contributed by atoms with Gasteiger partial charge < -0.3 is 5.11 Å². The summed E-state index contributed by atoms with van der Waals surface area (Å²) in [4.78, 5) is 2.57. The van der Waals surface area contributed by atoms with E-state index in [1.165, 1.54) is 12.0 Å². The van der Waals surface area contributed by atoms with Gasteiger partial charge in [0.05, 0.1) is 6.54 Å². The Morgan fingerprint density at radius 1 is 1.07 bits per heavy atom. The van der Waals surface area contributed by atoms with Crippen LogP contribution in [0.5, 0.6) is 0 Å². The van der Waals surface area contributed by atoms with Crippen LogP contribution < -0.4 is 4.90 Å². The van der Waals surface area contributed by atoms with E-state index in [1.54, 1.807) is 24.3 Å². The topological polar surface area (TPSA) is 26.5 Å². The van der Waals surface area contributed by atoms with Crippen LogP contribution in [0, 0.1) is 0 Å². The van der Waals surface area contributed by atoms with Crippen LogP contribution in [0.1, 0.15) is 43.7 Å². The summed E-state index contributed by atoms with van der Waals surface area (Å²) in [7, 11) is 0. The monoisotopic (exact) mass is 417 g/mol. The highest BCUT2D eigenvalue weighted by atomic mass is 32.2. The maximum Gasteiger partial charge on any atom is 0.288 e. The zero-order valence-electron chi connectivity index (χ0n) is 16.7. The largest absolute Gasteiger partial charge is 0.346 e. The smallest absolute Gasteiger partial charge is 0.288 e. The third-order valence-electron chi connectivity index (χ3n) is 5.88. The molecule has 2 aliphatic heterocycles. The summed E-state index contributed by atoms with van der Waals surface area (Å²) in [6, 6.07) is 15.3. The number of alkyl halides is 2. The Labute approximate surface area is 175 Å². The van der Waals surface area contributed by atoms with Gasteiger partial charge in [-0.2, -0.15) is 13.7 Å². The van der Waals surface area contributed by atoms with Crippen LogP contribution in [0.4, 0.5) is 14.5 Å². The Kier molecular flexibility index (Phi) is 5.93. The molecule has 3 nitrogen and oxygen atoms in total. The standard InChI is InChI=1S/C23H27F2N2OS/c1-2-17-7-11-19(12-8-17)27-21-6-4-3-5-15-26(21)16-23(27,28)18-9-13-20(14-10-18)29-22(24)25/h7-14,22,28H,2-6,15-16H2,1H3/q+1. The third kappa shape index (κ3) is 4.05. The van der Waals surface area contributed by atoms with Gasteiger partial charge in [0, 0.05) is 16.9 Å². The van der Waals surface area contributed by atoms with Crippen molar-refractivity contribution in [3.05, 3.63) is 59.7 Å². The highest BCUT2D eigenvalue weighted by molar-refractivity contribution is 7.99. The second kappa shape index (κ2) is 8.44. The number of rotatable bonds is 5. The first kappa shape index (κ1) is 20.4. The van der Waals surface area contributed by atoms with Crippen molar-refractivity contribution >= 4 is 23.3 Å². The average Bonchev–Trinajstić information content (AvgIpc) is 2.84. The molecule has 0 aromatic heterocycles. The molecule has 1 atom stereocenters. The number of aryl methyl sites for hydroxylation is 1. The van der Waals surface area contributed by atoms with Gasteiger partial charge in [-0.15, -0.1) is 0 Å². The molecule has 0 bridgehead atoms. The van der Waals surface area contributed by atoms with Gasteiger partial charge in [-0.3, -0.25) is 4.58 Å². The number of nitrogens with zero attached hydrogens (tertiary/aromatic N) is 2. The summed E-state index contributed by atoms with van der Waals surface area (Å²) >= 11 is 0.529. The molecule has 2 aromatic carbocycles. The zero-order valence-corrected chi connectivity index (χ0v) is 17.5. The molecule has 154 valence electrons. The molecule has 2 aliphatic rings. The molecule has 0 aliphatic carbocycles. The van der Waals surface area contributed by atoms with Crippen molar-refractivity contribution in [3.8, 4) is 0 Å². The number of hydrogen-bond donors (Lipinski definition) is 1. The molecule has 2 aromatic rings. The minimum atomic E-state index is -2.45. The highest BCUT2D eigenvalue weighted by Gasteiger charge is 2.54. The SMILES string of the molecule is CCc1ccc(N2C3=[N+](CCCCC3)CC2(O)c2ccc(SC(F)F)cc2)cc1. The van der Waals surface area contributed by atoms with Crippen LogP contribution in [-0.2, 0) is 12.1 Å². The first-order valence-electron chi connectivity index (χ1n) is 10.3. The van der Waals surface area contributed by atoms with E-state index < -0.39 is 11.5 Å². The maximum absolute atomic E-state index is 12.7. The summed E-state index contributed by atoms with van der Waals surface area (Å²) in [5.41, 5.74) is 1.74. The van der Waals surface area contributed by atoms with Crippen molar-refractivity contribution in [1.82, 2.24) is 0 Å². The molecular formula is C23H27F2N2OS+. The lowest BCUT2D eigenvalue weighted by molar-refractivity contribution is -0.534. The highest BCUT2D eigenvalue weighted by Crippen LogP contribution is 2.38. The lowest BCUT2D eigenvalue weighted by Gasteiger charge is -2.29. The van der Waals surface area contributed by atoms with Gasteiger partial charge in [0.2, 0.25) is 0 Å². The number of halogens is 2. The van der Waals surface area contributed by atoms with Crippen molar-refractivity contribution in [2.45, 2.75) is 55.4 Å². The number of benzene rings is 2. The van der Waals surface area contributed by atoms with E-state index in [-0.39, 0.29) is 0 Å². The van der Waals surface area contributed by atoms with E-state index in [0.717, 1.165) is 49.3 Å². The van der Waals surface area contributed by atoms with Gasteiger partial charge in [-0.05, 0) is 55.5 Å². The molecule has 6 heteroatoms. The maximum atomic E-state index is 12.7. The van der Waals surface area contributed by atoms with Crippen LogP contribution in [0.15, 0.2) is 53.4 Å². The van der Waals surface area contributed by atoms with Crippen LogP contribution in [0.3, 0.4) is 0 Å². The van der Waals surface area contributed by atoms with Gasteiger partial charge in [0.15, 0.2) is 6.54 Å². The first-order valence-corrected chi connectivity index (χ1v) is 11.2. The summed E-state index contributed by atoms with van der Waals surface area (Å²) in [6.07, 6.45) is 5.32. The van der Waals surface area contributed by atoms with Crippen LogP contribution in [0.2, 0.25) is 0 Å². The fourth-order valence-electron chi connectivity index (χ4n) is 4.39. The summed E-state index contributed by atoms with van der Waals surface area (Å²) in [6.45, 7) is 3.54. The molecule has 0 saturated heterocycles. The van der Waals surface area contributed by atoms with Gasteiger partial charge in [-0.25, -0.2) is 0 Å². The van der Waals surface area contributed by atoms with E-state index in [1.807, 2.05) is 0 Å². The number of thioether (sulfide) groups is 1. The van der Waals surface area contributed by atoms with E-state index in [9.17, 15) is 13.9 Å². The molecule has 29 heavy (non-hydrogen) atoms. The van der Waals surface area contributed by atoms with E-state index in [2.05, 4.69) is 40.7 Å². The normalized spacial score (nSPS) is 22.2. The Balaban J connectivity index is 1.73. The number of anilines is 1. The number of aliphatic hydroxyl groups is 1. The summed E-state index contributed by atoms with van der Waals surface area (Å²) < 4.78 is 27.6. The average molecular weight is 418 g/mol. The number of hydrogen-bond acceptors (Lipinski definition) is 3. The molecule has 0 fully saturated rings. The Bertz CT molecular complexity index is 883. The van der Waals surface area contributed by atoms with E-state index >= 15 is 0 Å². The van der Waals surface area contributed by atoms with Crippen LogP contribution in [0.25, 0.3) is 0 Å². The molecule has 0 amide bonds. The van der Waals surface area contributed by atoms with Crippen molar-refractivity contribution in [2.75, 3.05) is 18.0 Å². The summed E-state index contributed by atoms with van der Waals surface area (Å²) in [5, 5.41) is 11.9. The molecule has 0 radical (unpaired) electrons. The quantitative estimate of drug-likeness (QED) is 0.534. The van der Waals surface area contributed by atoms with E-state index in [4.69, 9.17) is 0 Å². The molecule has 0 saturated carbocycles. The van der Waals surface area contributed by atoms with Gasteiger partial charge in [0.25, 0.3) is 17.3 Å². The van der Waals surface area contributed by atoms with Crippen LogP contribution in [-0.4, -0.2) is 34.4 Å². The van der Waals surface area contributed by atoms with Gasteiger partial charge in [-0.1, -0.05) is 43.0 Å². The lowest BCUT2D eigenvalue weighted by Crippen LogP contribution is -2.47. The van der Waals surface area contributed by atoms with Gasteiger partial charge >= 0.3 is 0 Å². The van der Waals surface area contributed by atoms with Crippen molar-refractivity contribution in [2.24, 2.45) is 0 Å². The van der Waals surface area contributed by atoms with Crippen molar-refractivity contribution in [1.29, 1.82) is 0 Å². The third-order valence-corrected chi connectivity index (χ3v) is 6.60. The fraction of sp³-hybridized carbons (Fsp3) is 0.435. The first-order chi connectivity index (χ1) is 14.0. The van der Waals surface area contributed by atoms with Gasteiger partial charge in [0.1, 0.15) is 5.69 Å². The Hall–Kier alpha value is -1.92. The minimum absolute atomic E-state index is 0.485. The second-order valence-corrected chi connectivity index (χ2v) is 8.79. The molecule has 1 unspecified atom stereocenters. The lowest BCUT2D eigenvalue weighted by atomic mass is 9.99.